The number of allylic oxidation sites excluding steroid dienone is 2. The highest BCUT2D eigenvalue weighted by molar-refractivity contribution is 5.10. The number of hydrogen-bond acceptors (Lipinski definition) is 2. The summed E-state index contributed by atoms with van der Waals surface area (Å²) >= 11 is 0. The van der Waals surface area contributed by atoms with E-state index in [2.05, 4.69) is 11.3 Å². The molecule has 0 saturated carbocycles. The second kappa shape index (κ2) is 3.13. The van der Waals surface area contributed by atoms with Crippen molar-refractivity contribution in [3.05, 3.63) is 24.2 Å². The monoisotopic (exact) mass is 114 g/mol. The van der Waals surface area contributed by atoms with Gasteiger partial charge in [-0.3, -0.25) is 0 Å². The Bertz CT molecular complexity index is 114. The Kier molecular flexibility index (Phi) is 2.77. The summed E-state index contributed by atoms with van der Waals surface area (Å²) in [4.78, 5) is 0. The smallest absolute Gasteiger partial charge is 0.276 e. The van der Waals surface area contributed by atoms with E-state index in [9.17, 15) is 0 Å². The third kappa shape index (κ3) is 3.28. The number of ether oxygens (including phenoxy) is 1. The van der Waals surface area contributed by atoms with E-state index in [4.69, 9.17) is 5.11 Å². The number of methoxy groups -OCH3 is 1. The molecule has 0 aliphatic carbocycles. The van der Waals surface area contributed by atoms with E-state index in [1.54, 1.807) is 6.92 Å². The van der Waals surface area contributed by atoms with Gasteiger partial charge in [-0.1, -0.05) is 12.2 Å². The lowest BCUT2D eigenvalue weighted by Crippen LogP contribution is -1.82. The summed E-state index contributed by atoms with van der Waals surface area (Å²) in [5.74, 6) is -0.0995. The maximum Gasteiger partial charge on any atom is 0.276 e. The van der Waals surface area contributed by atoms with E-state index >= 15 is 0 Å². The standard InChI is InChI=1S/C6H10O2/c1-5(2)4-6(7)8-3/h4,7H,1H2,2-3H3/b6-4+. The number of aliphatic hydroxyl groups is 1. The molecule has 0 saturated heterocycles. The van der Waals surface area contributed by atoms with Crippen LogP contribution in [0.25, 0.3) is 0 Å². The van der Waals surface area contributed by atoms with Gasteiger partial charge in [-0.2, -0.15) is 0 Å². The molecule has 0 spiro atoms. The van der Waals surface area contributed by atoms with Crippen LogP contribution >= 0.6 is 0 Å². The fraction of sp³-hybridized carbons (Fsp3) is 0.333. The highest BCUT2D eigenvalue weighted by atomic mass is 16.6. The lowest BCUT2D eigenvalue weighted by Gasteiger charge is -1.93. The van der Waals surface area contributed by atoms with Crippen LogP contribution < -0.4 is 0 Å². The fourth-order valence-electron chi connectivity index (χ4n) is 0.270. The molecule has 0 aromatic carbocycles. The molecule has 2 nitrogen and oxygen atoms in total. The number of hydrogen-bond donors (Lipinski definition) is 1. The minimum absolute atomic E-state index is 0.0995. The van der Waals surface area contributed by atoms with Gasteiger partial charge in [0, 0.05) is 6.08 Å². The van der Waals surface area contributed by atoms with Gasteiger partial charge in [-0.25, -0.2) is 0 Å². The SMILES string of the molecule is C=C(C)/C=C(\O)OC. The maximum atomic E-state index is 8.61. The van der Waals surface area contributed by atoms with Crippen LogP contribution in [-0.4, -0.2) is 12.2 Å². The lowest BCUT2D eigenvalue weighted by molar-refractivity contribution is 0.136. The van der Waals surface area contributed by atoms with E-state index in [0.717, 1.165) is 5.57 Å². The molecule has 0 aromatic heterocycles. The predicted octanol–water partition coefficient (Wildman–Crippen LogP) is 1.61. The Labute approximate surface area is 49.1 Å². The molecule has 0 aliphatic rings. The van der Waals surface area contributed by atoms with Crippen molar-refractivity contribution < 1.29 is 9.84 Å². The predicted molar refractivity (Wildman–Crippen MR) is 32.5 cm³/mol. The minimum atomic E-state index is -0.0995. The Balaban J connectivity index is 3.75. The molecule has 0 aromatic rings. The molecule has 2 heteroatoms. The molecule has 0 aliphatic heterocycles. The van der Waals surface area contributed by atoms with Crippen LogP contribution in [0.15, 0.2) is 24.2 Å². The second-order valence-corrected chi connectivity index (χ2v) is 1.53. The van der Waals surface area contributed by atoms with Crippen molar-refractivity contribution in [1.82, 2.24) is 0 Å². The van der Waals surface area contributed by atoms with E-state index < -0.39 is 0 Å². The second-order valence-electron chi connectivity index (χ2n) is 1.53. The van der Waals surface area contributed by atoms with Crippen molar-refractivity contribution in [3.8, 4) is 0 Å². The molecule has 0 rings (SSSR count). The molecule has 0 fully saturated rings. The van der Waals surface area contributed by atoms with Gasteiger partial charge in [0.2, 0.25) is 0 Å². The van der Waals surface area contributed by atoms with Gasteiger partial charge < -0.3 is 9.84 Å². The first-order chi connectivity index (χ1) is 3.66. The molecule has 0 heterocycles. The molecule has 0 unspecified atom stereocenters. The zero-order chi connectivity index (χ0) is 6.57. The van der Waals surface area contributed by atoms with Gasteiger partial charge in [0.25, 0.3) is 5.95 Å². The summed E-state index contributed by atoms with van der Waals surface area (Å²) in [6, 6.07) is 0. The molecule has 0 amide bonds. The average molecular weight is 114 g/mol. The number of aliphatic hydroxyl groups excluding tert-OH is 1. The van der Waals surface area contributed by atoms with Crippen LogP contribution in [0, 0.1) is 0 Å². The summed E-state index contributed by atoms with van der Waals surface area (Å²) in [6.45, 7) is 5.30. The van der Waals surface area contributed by atoms with Crippen LogP contribution in [0.1, 0.15) is 6.92 Å². The third-order valence-corrected chi connectivity index (χ3v) is 0.579. The summed E-state index contributed by atoms with van der Waals surface area (Å²) < 4.78 is 4.42. The van der Waals surface area contributed by atoms with Crippen LogP contribution in [0.2, 0.25) is 0 Å². The summed E-state index contributed by atoms with van der Waals surface area (Å²) in [5.41, 5.74) is 0.768. The van der Waals surface area contributed by atoms with Crippen molar-refractivity contribution in [2.24, 2.45) is 0 Å². The maximum absolute atomic E-state index is 8.61. The van der Waals surface area contributed by atoms with Gasteiger partial charge in [-0.15, -0.1) is 0 Å². The Morgan fingerprint density at radius 2 is 2.25 bits per heavy atom. The van der Waals surface area contributed by atoms with Gasteiger partial charge in [-0.05, 0) is 6.92 Å². The highest BCUT2D eigenvalue weighted by Gasteiger charge is 1.84. The van der Waals surface area contributed by atoms with E-state index in [1.165, 1.54) is 13.2 Å². The minimum Gasteiger partial charge on any atom is -0.481 e. The quantitative estimate of drug-likeness (QED) is 0.436. The normalized spacial score (nSPS) is 11.0. The molecule has 46 valence electrons. The Morgan fingerprint density at radius 3 is 2.38 bits per heavy atom. The third-order valence-electron chi connectivity index (χ3n) is 0.579. The van der Waals surface area contributed by atoms with Gasteiger partial charge in [0.15, 0.2) is 0 Å². The topological polar surface area (TPSA) is 29.5 Å². The van der Waals surface area contributed by atoms with Crippen molar-refractivity contribution >= 4 is 0 Å². The summed E-state index contributed by atoms with van der Waals surface area (Å²) in [7, 11) is 1.40. The molecule has 8 heavy (non-hydrogen) atoms. The van der Waals surface area contributed by atoms with E-state index in [-0.39, 0.29) is 5.95 Å². The molecule has 1 N–H and O–H groups in total. The van der Waals surface area contributed by atoms with Crippen molar-refractivity contribution in [2.75, 3.05) is 7.11 Å². The first kappa shape index (κ1) is 7.08. The molecule has 0 radical (unpaired) electrons. The van der Waals surface area contributed by atoms with Crippen LogP contribution in [0.5, 0.6) is 0 Å². The van der Waals surface area contributed by atoms with E-state index in [1.807, 2.05) is 0 Å². The fourth-order valence-corrected chi connectivity index (χ4v) is 0.270. The summed E-state index contributed by atoms with van der Waals surface area (Å²) in [6.07, 6.45) is 1.44. The molecular formula is C6H10O2. The van der Waals surface area contributed by atoms with Crippen molar-refractivity contribution in [2.45, 2.75) is 6.92 Å². The van der Waals surface area contributed by atoms with Crippen LogP contribution in [-0.2, 0) is 4.74 Å². The van der Waals surface area contributed by atoms with Crippen molar-refractivity contribution in [1.29, 1.82) is 0 Å². The van der Waals surface area contributed by atoms with Crippen molar-refractivity contribution in [3.63, 3.8) is 0 Å². The lowest BCUT2D eigenvalue weighted by atomic mass is 10.3. The van der Waals surface area contributed by atoms with Gasteiger partial charge >= 0.3 is 0 Å². The van der Waals surface area contributed by atoms with Crippen LogP contribution in [0.4, 0.5) is 0 Å². The number of rotatable bonds is 2. The Hall–Kier alpha value is -0.920. The first-order valence-corrected chi connectivity index (χ1v) is 2.27. The van der Waals surface area contributed by atoms with Gasteiger partial charge in [0.05, 0.1) is 7.11 Å². The van der Waals surface area contributed by atoms with Gasteiger partial charge in [0.1, 0.15) is 0 Å². The summed E-state index contributed by atoms with van der Waals surface area (Å²) in [5, 5.41) is 8.61. The first-order valence-electron chi connectivity index (χ1n) is 2.27. The van der Waals surface area contributed by atoms with E-state index in [0.29, 0.717) is 0 Å². The highest BCUT2D eigenvalue weighted by Crippen LogP contribution is 1.94. The largest absolute Gasteiger partial charge is 0.481 e. The molecule has 0 atom stereocenters. The zero-order valence-electron chi connectivity index (χ0n) is 5.14. The molecular weight excluding hydrogens is 104 g/mol. The van der Waals surface area contributed by atoms with Crippen LogP contribution in [0.3, 0.4) is 0 Å². The zero-order valence-corrected chi connectivity index (χ0v) is 5.14. The Morgan fingerprint density at radius 1 is 1.75 bits per heavy atom. The average Bonchev–Trinajstić information content (AvgIpc) is 1.65. The molecule has 0 bridgehead atoms.